The van der Waals surface area contributed by atoms with Crippen LogP contribution in [-0.2, 0) is 0 Å². The van der Waals surface area contributed by atoms with Crippen LogP contribution in [0.2, 0.25) is 0 Å². The number of rotatable bonds is 21. The molecule has 0 radical (unpaired) electrons. The molecule has 0 amide bonds. The zero-order valence-electron chi connectivity index (χ0n) is 18.7. The van der Waals surface area contributed by atoms with E-state index in [4.69, 9.17) is 12.8 Å². The normalized spacial score (nSPS) is 12.0. The van der Waals surface area contributed by atoms with Crippen LogP contribution >= 0.6 is 12.8 Å². The van der Waals surface area contributed by atoms with Gasteiger partial charge >= 0.3 is 0 Å². The van der Waals surface area contributed by atoms with Crippen LogP contribution in [0.15, 0.2) is 0 Å². The molecule has 0 spiro atoms. The van der Waals surface area contributed by atoms with E-state index in [1.807, 2.05) is 0 Å². The number of hydrogen-bond acceptors (Lipinski definition) is 1. The maximum Gasteiger partial charge on any atom is 0.0890 e. The van der Waals surface area contributed by atoms with Gasteiger partial charge in [0.25, 0.3) is 0 Å². The molecule has 0 bridgehead atoms. The third kappa shape index (κ3) is 17.7. The highest BCUT2D eigenvalue weighted by Gasteiger charge is 2.22. The van der Waals surface area contributed by atoms with Crippen molar-refractivity contribution in [2.45, 2.75) is 136 Å². The fourth-order valence-corrected chi connectivity index (χ4v) is 4.32. The van der Waals surface area contributed by atoms with Crippen LogP contribution in [0.3, 0.4) is 0 Å². The summed E-state index contributed by atoms with van der Waals surface area (Å²) in [5.41, 5.74) is 0. The number of unbranched alkanes of at least 4 members (excludes halogenated alkanes) is 15. The van der Waals surface area contributed by atoms with Gasteiger partial charge in [0.15, 0.2) is 0 Å². The largest absolute Gasteiger partial charge is 0.264 e. The molecule has 0 saturated carbocycles. The van der Waals surface area contributed by atoms with Crippen molar-refractivity contribution >= 4 is 12.8 Å². The molecule has 0 aromatic carbocycles. The van der Waals surface area contributed by atoms with Crippen molar-refractivity contribution in [3.8, 4) is 0 Å². The number of quaternary nitrogens is 1. The third-order valence-electron chi connectivity index (χ3n) is 5.78. The van der Waals surface area contributed by atoms with Crippen LogP contribution in [0.4, 0.5) is 0 Å². The summed E-state index contributed by atoms with van der Waals surface area (Å²) in [7, 11) is 0. The van der Waals surface area contributed by atoms with Crippen LogP contribution in [0, 0.1) is 0 Å². The number of thiol groups is 1. The molecule has 0 saturated heterocycles. The molecule has 26 heavy (non-hydrogen) atoms. The minimum Gasteiger partial charge on any atom is -0.264 e. The quantitative estimate of drug-likeness (QED) is 0.114. The molecule has 0 N–H and O–H groups in total. The van der Waals surface area contributed by atoms with Crippen molar-refractivity contribution in [2.24, 2.45) is 0 Å². The maximum atomic E-state index is 5.19. The first-order chi connectivity index (χ1) is 12.7. The highest BCUT2D eigenvalue weighted by atomic mass is 32.1. The Morgan fingerprint density at radius 2 is 0.615 bits per heavy atom. The van der Waals surface area contributed by atoms with Crippen molar-refractivity contribution in [3.05, 3.63) is 0 Å². The van der Waals surface area contributed by atoms with E-state index in [1.54, 1.807) is 0 Å². The summed E-state index contributed by atoms with van der Waals surface area (Å²) in [5.74, 6) is 0. The van der Waals surface area contributed by atoms with Gasteiger partial charge in [-0.2, -0.15) is 0 Å². The molecule has 0 aromatic rings. The monoisotopic (exact) mass is 386 g/mol. The second-order valence-corrected chi connectivity index (χ2v) is 9.42. The van der Waals surface area contributed by atoms with E-state index in [0.717, 1.165) is 3.89 Å². The van der Waals surface area contributed by atoms with Gasteiger partial charge in [0.2, 0.25) is 0 Å². The van der Waals surface area contributed by atoms with E-state index in [2.05, 4.69) is 20.8 Å². The molecule has 0 heterocycles. The average molecular weight is 387 g/mol. The molecule has 0 aromatic heterocycles. The average Bonchev–Trinajstić information content (AvgIpc) is 2.64. The highest BCUT2D eigenvalue weighted by molar-refractivity contribution is 7.74. The van der Waals surface area contributed by atoms with Crippen LogP contribution < -0.4 is 0 Å². The molecule has 0 aliphatic carbocycles. The first-order valence-electron chi connectivity index (χ1n) is 12.3. The molecule has 0 aliphatic rings. The summed E-state index contributed by atoms with van der Waals surface area (Å²) < 4.78 is 1.05. The lowest BCUT2D eigenvalue weighted by Gasteiger charge is -2.32. The van der Waals surface area contributed by atoms with Crippen LogP contribution in [0.1, 0.15) is 136 Å². The summed E-state index contributed by atoms with van der Waals surface area (Å²) in [6.45, 7) is 10.8. The lowest BCUT2D eigenvalue weighted by molar-refractivity contribution is -0.793. The van der Waals surface area contributed by atoms with Crippen LogP contribution in [0.25, 0.3) is 0 Å². The second-order valence-electron chi connectivity index (χ2n) is 8.57. The van der Waals surface area contributed by atoms with Crippen molar-refractivity contribution in [1.82, 2.24) is 0 Å². The van der Waals surface area contributed by atoms with Gasteiger partial charge < -0.3 is 0 Å². The Morgan fingerprint density at radius 1 is 0.385 bits per heavy atom. The van der Waals surface area contributed by atoms with Gasteiger partial charge in [-0.1, -0.05) is 97.8 Å². The molecule has 0 rings (SSSR count). The summed E-state index contributed by atoms with van der Waals surface area (Å²) in [4.78, 5) is 0. The smallest absolute Gasteiger partial charge is 0.0890 e. The van der Waals surface area contributed by atoms with Crippen molar-refractivity contribution in [1.29, 1.82) is 0 Å². The Labute approximate surface area is 172 Å². The Bertz CT molecular complexity index is 226. The van der Waals surface area contributed by atoms with Crippen molar-refractivity contribution in [3.63, 3.8) is 0 Å². The van der Waals surface area contributed by atoms with Gasteiger partial charge in [-0.05, 0) is 38.5 Å². The summed E-state index contributed by atoms with van der Waals surface area (Å²) in [6.07, 6.45) is 25.2. The lowest BCUT2D eigenvalue weighted by atomic mass is 10.1. The number of nitrogens with zero attached hydrogens (tertiary/aromatic N) is 1. The van der Waals surface area contributed by atoms with E-state index in [1.165, 1.54) is 135 Å². The van der Waals surface area contributed by atoms with Gasteiger partial charge in [-0.15, -0.1) is 0 Å². The Hall–Kier alpha value is 0.310. The minimum absolute atomic E-state index is 1.05. The van der Waals surface area contributed by atoms with E-state index in [-0.39, 0.29) is 0 Å². The second kappa shape index (κ2) is 20.1. The standard InChI is InChI=1S/C24H52NS/c1-4-7-10-13-16-19-22-25(26,23-20-17-14-11-8-5-2)24-21-18-15-12-9-6-3/h26H,4-24H2,1-3H3/q+1. The van der Waals surface area contributed by atoms with E-state index >= 15 is 0 Å². The van der Waals surface area contributed by atoms with Crippen LogP contribution in [0.5, 0.6) is 0 Å². The minimum atomic E-state index is 1.05. The van der Waals surface area contributed by atoms with Crippen LogP contribution in [-0.4, -0.2) is 23.5 Å². The van der Waals surface area contributed by atoms with E-state index in [9.17, 15) is 0 Å². The molecule has 0 unspecified atom stereocenters. The van der Waals surface area contributed by atoms with Gasteiger partial charge in [-0.3, -0.25) is 3.89 Å². The SMILES string of the molecule is CCCCCCCC[N+](S)(CCCCCCCC)CCCCCCCC. The van der Waals surface area contributed by atoms with Gasteiger partial charge in [-0.25, -0.2) is 0 Å². The summed E-state index contributed by atoms with van der Waals surface area (Å²) in [5, 5.41) is 0. The van der Waals surface area contributed by atoms with Crippen molar-refractivity contribution < 1.29 is 3.89 Å². The number of hydrogen-bond donors (Lipinski definition) is 1. The lowest BCUT2D eigenvalue weighted by Crippen LogP contribution is -2.41. The zero-order valence-corrected chi connectivity index (χ0v) is 19.6. The molecule has 0 fully saturated rings. The molecular weight excluding hydrogens is 334 g/mol. The molecule has 0 atom stereocenters. The predicted molar refractivity (Wildman–Crippen MR) is 124 cm³/mol. The molecule has 158 valence electrons. The summed E-state index contributed by atoms with van der Waals surface area (Å²) >= 11 is 5.19. The van der Waals surface area contributed by atoms with E-state index in [0.29, 0.717) is 0 Å². The zero-order chi connectivity index (χ0) is 19.3. The predicted octanol–water partition coefficient (Wildman–Crippen LogP) is 8.73. The Balaban J connectivity index is 4.02. The van der Waals surface area contributed by atoms with Crippen molar-refractivity contribution in [2.75, 3.05) is 19.6 Å². The highest BCUT2D eigenvalue weighted by Crippen LogP contribution is 2.20. The first kappa shape index (κ1) is 26.3. The topological polar surface area (TPSA) is 0 Å². The van der Waals surface area contributed by atoms with Gasteiger partial charge in [0, 0.05) is 0 Å². The van der Waals surface area contributed by atoms with Gasteiger partial charge in [0.05, 0.1) is 32.4 Å². The summed E-state index contributed by atoms with van der Waals surface area (Å²) in [6, 6.07) is 0. The molecule has 1 nitrogen and oxygen atoms in total. The molecular formula is C24H52NS+. The van der Waals surface area contributed by atoms with Gasteiger partial charge in [0.1, 0.15) is 0 Å². The molecule has 0 aliphatic heterocycles. The van der Waals surface area contributed by atoms with E-state index < -0.39 is 0 Å². The Morgan fingerprint density at radius 3 is 0.885 bits per heavy atom. The Kier molecular flexibility index (Phi) is 20.3. The third-order valence-corrected chi connectivity index (χ3v) is 6.38. The fourth-order valence-electron chi connectivity index (χ4n) is 3.89. The fraction of sp³-hybridized carbons (Fsp3) is 1.00. The first-order valence-corrected chi connectivity index (χ1v) is 12.7. The maximum absolute atomic E-state index is 5.19. The molecule has 2 heteroatoms.